The van der Waals surface area contributed by atoms with Gasteiger partial charge in [-0.25, -0.2) is 4.79 Å². The van der Waals surface area contributed by atoms with Crippen LogP contribution in [0.2, 0.25) is 0 Å². The molecule has 7 heteroatoms. The predicted molar refractivity (Wildman–Crippen MR) is 119 cm³/mol. The van der Waals surface area contributed by atoms with Crippen LogP contribution in [-0.4, -0.2) is 30.1 Å². The summed E-state index contributed by atoms with van der Waals surface area (Å²) in [6.45, 7) is 5.08. The van der Waals surface area contributed by atoms with Crippen molar-refractivity contribution < 1.29 is 19.1 Å². The van der Waals surface area contributed by atoms with Crippen LogP contribution >= 0.6 is 0 Å². The average Bonchev–Trinajstić information content (AvgIpc) is 2.64. The molecule has 0 aliphatic heterocycles. The molecule has 0 atom stereocenters. The highest BCUT2D eigenvalue weighted by Gasteiger charge is 2.54. The molecule has 5 rings (SSSR count). The lowest BCUT2D eigenvalue weighted by molar-refractivity contribution is -0.140. The fourth-order valence-corrected chi connectivity index (χ4v) is 6.00. The van der Waals surface area contributed by atoms with Crippen LogP contribution in [0.4, 0.5) is 16.2 Å². The van der Waals surface area contributed by atoms with Crippen LogP contribution in [0.1, 0.15) is 59.3 Å². The van der Waals surface area contributed by atoms with Crippen LogP contribution in [0, 0.1) is 23.2 Å². The molecule has 0 spiro atoms. The normalized spacial score (nSPS) is 28.7. The van der Waals surface area contributed by atoms with Gasteiger partial charge >= 0.3 is 6.09 Å². The van der Waals surface area contributed by atoms with Crippen LogP contribution in [0.15, 0.2) is 24.3 Å². The van der Waals surface area contributed by atoms with Crippen molar-refractivity contribution in [3.05, 3.63) is 24.3 Å². The minimum Gasteiger partial charge on any atom is -0.444 e. The molecule has 4 fully saturated rings. The molecule has 0 radical (unpaired) electrons. The molecule has 0 heterocycles. The number of nitrogens with one attached hydrogen (secondary N) is 3. The number of alkyl carbamates (subject to hydrolysis) is 1. The van der Waals surface area contributed by atoms with Crippen molar-refractivity contribution in [3.63, 3.8) is 0 Å². The van der Waals surface area contributed by atoms with E-state index in [1.54, 1.807) is 39.0 Å². The maximum absolute atomic E-state index is 13.2. The highest BCUT2D eigenvalue weighted by molar-refractivity contribution is 5.97. The van der Waals surface area contributed by atoms with Gasteiger partial charge in [0, 0.05) is 11.4 Å². The topological polar surface area (TPSA) is 96.5 Å². The summed E-state index contributed by atoms with van der Waals surface area (Å²) in [4.78, 5) is 37.1. The standard InChI is InChI=1S/C24H33N3O4/c1-23(2,3)31-22(30)25-14-20(28)26-18-5-4-6-19(10-18)27-21(29)24-11-15-7-16(12-24)9-17(8-15)13-24/h4-6,10,15-17H,7-9,11-14H2,1-3H3,(H,25,30)(H,26,28)(H,27,29). The second-order valence-electron chi connectivity index (χ2n) is 10.6. The van der Waals surface area contributed by atoms with E-state index in [0.29, 0.717) is 29.1 Å². The molecule has 1 aromatic rings. The first kappa shape index (κ1) is 21.7. The Bertz CT molecular complexity index is 839. The zero-order chi connectivity index (χ0) is 22.2. The van der Waals surface area contributed by atoms with Gasteiger partial charge in [-0.05, 0) is 95.2 Å². The van der Waals surface area contributed by atoms with Crippen molar-refractivity contribution in [2.24, 2.45) is 23.2 Å². The third-order valence-electron chi connectivity index (χ3n) is 6.72. The molecule has 0 saturated heterocycles. The van der Waals surface area contributed by atoms with Crippen molar-refractivity contribution in [2.75, 3.05) is 17.2 Å². The number of carbonyl (C=O) groups is 3. The van der Waals surface area contributed by atoms with E-state index in [1.807, 2.05) is 6.07 Å². The van der Waals surface area contributed by atoms with Gasteiger partial charge in [-0.2, -0.15) is 0 Å². The Kier molecular flexibility index (Phi) is 5.71. The molecular formula is C24H33N3O4. The smallest absolute Gasteiger partial charge is 0.408 e. The molecule has 3 N–H and O–H groups in total. The van der Waals surface area contributed by atoms with Gasteiger partial charge in [0.15, 0.2) is 0 Å². The van der Waals surface area contributed by atoms with Gasteiger partial charge in [0.2, 0.25) is 11.8 Å². The number of rotatable bonds is 5. The molecule has 0 unspecified atom stereocenters. The number of ether oxygens (including phenoxy) is 1. The van der Waals surface area contributed by atoms with Crippen molar-refractivity contribution in [1.29, 1.82) is 0 Å². The molecule has 3 amide bonds. The Hall–Kier alpha value is -2.57. The molecule has 4 aliphatic rings. The Morgan fingerprint density at radius 2 is 1.52 bits per heavy atom. The van der Waals surface area contributed by atoms with Gasteiger partial charge in [0.1, 0.15) is 12.1 Å². The first-order chi connectivity index (χ1) is 14.6. The van der Waals surface area contributed by atoms with Crippen LogP contribution in [-0.2, 0) is 14.3 Å². The number of hydrogen-bond donors (Lipinski definition) is 3. The first-order valence-corrected chi connectivity index (χ1v) is 11.3. The Morgan fingerprint density at radius 3 is 2.06 bits per heavy atom. The summed E-state index contributed by atoms with van der Waals surface area (Å²) < 4.78 is 5.12. The fraction of sp³-hybridized carbons (Fsp3) is 0.625. The highest BCUT2D eigenvalue weighted by Crippen LogP contribution is 2.60. The molecule has 168 valence electrons. The summed E-state index contributed by atoms with van der Waals surface area (Å²) in [6, 6.07) is 7.15. The van der Waals surface area contributed by atoms with Gasteiger partial charge in [-0.3, -0.25) is 9.59 Å². The molecular weight excluding hydrogens is 394 g/mol. The lowest BCUT2D eigenvalue weighted by Gasteiger charge is -2.55. The molecule has 4 aliphatic carbocycles. The van der Waals surface area contributed by atoms with Crippen LogP contribution in [0.5, 0.6) is 0 Å². The van der Waals surface area contributed by atoms with E-state index in [1.165, 1.54) is 19.3 Å². The van der Waals surface area contributed by atoms with Gasteiger partial charge in [0.05, 0.1) is 5.41 Å². The zero-order valence-corrected chi connectivity index (χ0v) is 18.6. The SMILES string of the molecule is CC(C)(C)OC(=O)NCC(=O)Nc1cccc(NC(=O)C23CC4CC(CC(C4)C2)C3)c1. The maximum atomic E-state index is 13.2. The minimum atomic E-state index is -0.640. The van der Waals surface area contributed by atoms with Crippen molar-refractivity contribution in [2.45, 2.75) is 64.9 Å². The number of carbonyl (C=O) groups excluding carboxylic acids is 3. The maximum Gasteiger partial charge on any atom is 0.408 e. The van der Waals surface area contributed by atoms with E-state index in [0.717, 1.165) is 19.3 Å². The van der Waals surface area contributed by atoms with Crippen LogP contribution in [0.25, 0.3) is 0 Å². The minimum absolute atomic E-state index is 0.127. The van der Waals surface area contributed by atoms with Crippen LogP contribution < -0.4 is 16.0 Å². The number of hydrogen-bond acceptors (Lipinski definition) is 4. The second-order valence-corrected chi connectivity index (χ2v) is 10.6. The zero-order valence-electron chi connectivity index (χ0n) is 18.6. The summed E-state index contributed by atoms with van der Waals surface area (Å²) in [7, 11) is 0. The van der Waals surface area contributed by atoms with E-state index in [2.05, 4.69) is 16.0 Å². The number of amides is 3. The number of anilines is 2. The largest absolute Gasteiger partial charge is 0.444 e. The lowest BCUT2D eigenvalue weighted by Crippen LogP contribution is -2.51. The summed E-state index contributed by atoms with van der Waals surface area (Å²) in [5.74, 6) is 1.89. The van der Waals surface area contributed by atoms with E-state index in [9.17, 15) is 14.4 Å². The van der Waals surface area contributed by atoms with Crippen molar-refractivity contribution in [3.8, 4) is 0 Å². The second kappa shape index (κ2) is 8.17. The van der Waals surface area contributed by atoms with Gasteiger partial charge in [-0.1, -0.05) is 6.07 Å². The highest BCUT2D eigenvalue weighted by atomic mass is 16.6. The van der Waals surface area contributed by atoms with Gasteiger partial charge < -0.3 is 20.7 Å². The van der Waals surface area contributed by atoms with Gasteiger partial charge in [0.25, 0.3) is 0 Å². The van der Waals surface area contributed by atoms with E-state index in [4.69, 9.17) is 4.74 Å². The Labute approximate surface area is 183 Å². The Balaban J connectivity index is 1.32. The van der Waals surface area contributed by atoms with E-state index in [-0.39, 0.29) is 23.8 Å². The molecule has 0 aromatic heterocycles. The molecule has 7 nitrogen and oxygen atoms in total. The Morgan fingerprint density at radius 1 is 0.968 bits per heavy atom. The average molecular weight is 428 g/mol. The fourth-order valence-electron chi connectivity index (χ4n) is 6.00. The first-order valence-electron chi connectivity index (χ1n) is 11.3. The molecule has 31 heavy (non-hydrogen) atoms. The molecule has 1 aromatic carbocycles. The van der Waals surface area contributed by atoms with Gasteiger partial charge in [-0.15, -0.1) is 0 Å². The monoisotopic (exact) mass is 427 g/mol. The number of benzene rings is 1. The summed E-state index contributed by atoms with van der Waals surface area (Å²) >= 11 is 0. The van der Waals surface area contributed by atoms with E-state index < -0.39 is 11.7 Å². The lowest BCUT2D eigenvalue weighted by atomic mass is 9.49. The third kappa shape index (κ3) is 5.20. The van der Waals surface area contributed by atoms with Crippen molar-refractivity contribution >= 4 is 29.3 Å². The summed E-state index contributed by atoms with van der Waals surface area (Å²) in [5.41, 5.74) is 0.410. The summed E-state index contributed by atoms with van der Waals surface area (Å²) in [5, 5.41) is 8.29. The predicted octanol–water partition coefficient (Wildman–Crippen LogP) is 4.30. The quantitative estimate of drug-likeness (QED) is 0.652. The third-order valence-corrected chi connectivity index (χ3v) is 6.72. The molecule has 4 saturated carbocycles. The van der Waals surface area contributed by atoms with Crippen molar-refractivity contribution in [1.82, 2.24) is 5.32 Å². The van der Waals surface area contributed by atoms with E-state index >= 15 is 0 Å². The molecule has 4 bridgehead atoms. The van der Waals surface area contributed by atoms with Crippen LogP contribution in [0.3, 0.4) is 0 Å². The summed E-state index contributed by atoms with van der Waals surface area (Å²) in [6.07, 6.45) is 6.29.